The van der Waals surface area contributed by atoms with Gasteiger partial charge in [-0.1, -0.05) is 6.07 Å². The number of nitro groups is 1. The van der Waals surface area contributed by atoms with Crippen molar-refractivity contribution in [3.8, 4) is 11.5 Å². The number of rotatable bonds is 7. The number of aromatic nitrogens is 1. The van der Waals surface area contributed by atoms with E-state index in [1.807, 2.05) is 0 Å². The number of likely N-dealkylation sites (tertiary alicyclic amines) is 1. The molecular weight excluding hydrogens is 454 g/mol. The first-order valence-electron chi connectivity index (χ1n) is 10.5. The number of ether oxygens (including phenoxy) is 2. The van der Waals surface area contributed by atoms with Crippen LogP contribution in [0.3, 0.4) is 0 Å². The molecule has 0 bridgehead atoms. The second-order valence-electron chi connectivity index (χ2n) is 7.71. The number of non-ortho nitro benzene ring substituents is 1. The van der Waals surface area contributed by atoms with Crippen molar-refractivity contribution in [1.29, 1.82) is 0 Å². The zero-order valence-corrected chi connectivity index (χ0v) is 18.9. The number of hydrogen-bond donors (Lipinski definition) is 1. The molecule has 1 saturated heterocycles. The molecule has 3 aromatic rings. The number of methoxy groups -OCH3 is 2. The Morgan fingerprint density at radius 1 is 1.09 bits per heavy atom. The number of nitrogens with zero attached hydrogens (tertiary/aromatic N) is 3. The van der Waals surface area contributed by atoms with Gasteiger partial charge in [-0.25, -0.2) is 0 Å². The van der Waals surface area contributed by atoms with E-state index >= 15 is 0 Å². The van der Waals surface area contributed by atoms with Crippen molar-refractivity contribution in [3.63, 3.8) is 0 Å². The number of ketones is 1. The lowest BCUT2D eigenvalue weighted by atomic mass is 9.95. The van der Waals surface area contributed by atoms with Crippen molar-refractivity contribution in [2.45, 2.75) is 12.6 Å². The van der Waals surface area contributed by atoms with Crippen LogP contribution in [0.1, 0.15) is 22.7 Å². The summed E-state index contributed by atoms with van der Waals surface area (Å²) in [7, 11) is 2.90. The molecular formula is C25H21N3O7. The molecule has 0 spiro atoms. The summed E-state index contributed by atoms with van der Waals surface area (Å²) in [4.78, 5) is 42.2. The largest absolute Gasteiger partial charge is 0.507 e. The van der Waals surface area contributed by atoms with Crippen LogP contribution in [0.25, 0.3) is 5.76 Å². The highest BCUT2D eigenvalue weighted by atomic mass is 16.6. The normalized spacial score (nSPS) is 16.9. The Bertz CT molecular complexity index is 1320. The molecule has 1 aliphatic rings. The van der Waals surface area contributed by atoms with Gasteiger partial charge in [-0.2, -0.15) is 0 Å². The van der Waals surface area contributed by atoms with Crippen LogP contribution in [0.15, 0.2) is 72.6 Å². The lowest BCUT2D eigenvalue weighted by Gasteiger charge is -2.25. The van der Waals surface area contributed by atoms with E-state index in [-0.39, 0.29) is 23.4 Å². The van der Waals surface area contributed by atoms with Crippen molar-refractivity contribution < 1.29 is 29.1 Å². The molecule has 2 heterocycles. The number of Topliss-reactive ketones (excluding diaryl/α,β-unsaturated/α-hetero) is 1. The van der Waals surface area contributed by atoms with E-state index in [1.165, 1.54) is 55.5 Å². The van der Waals surface area contributed by atoms with Crippen molar-refractivity contribution >= 4 is 23.1 Å². The third-order valence-corrected chi connectivity index (χ3v) is 5.69. The lowest BCUT2D eigenvalue weighted by molar-refractivity contribution is -0.384. The number of benzene rings is 2. The maximum absolute atomic E-state index is 13.2. The van der Waals surface area contributed by atoms with E-state index < -0.39 is 28.4 Å². The molecule has 35 heavy (non-hydrogen) atoms. The summed E-state index contributed by atoms with van der Waals surface area (Å²) in [6.07, 6.45) is 3.16. The predicted octanol–water partition coefficient (Wildman–Crippen LogP) is 3.63. The Kier molecular flexibility index (Phi) is 6.45. The zero-order valence-electron chi connectivity index (χ0n) is 18.9. The van der Waals surface area contributed by atoms with Crippen LogP contribution in [0, 0.1) is 10.1 Å². The molecule has 10 nitrogen and oxygen atoms in total. The van der Waals surface area contributed by atoms with Gasteiger partial charge in [0.15, 0.2) is 11.5 Å². The van der Waals surface area contributed by atoms with Crippen LogP contribution in [-0.4, -0.2) is 45.8 Å². The topological polar surface area (TPSA) is 132 Å². The summed E-state index contributed by atoms with van der Waals surface area (Å²) < 4.78 is 10.5. The Labute approximate surface area is 200 Å². The number of aliphatic hydroxyl groups is 1. The minimum Gasteiger partial charge on any atom is -0.507 e. The molecule has 0 unspecified atom stereocenters. The van der Waals surface area contributed by atoms with E-state index in [9.17, 15) is 24.8 Å². The minimum absolute atomic E-state index is 0.0444. The molecule has 1 atom stereocenters. The maximum Gasteiger partial charge on any atom is 0.295 e. The van der Waals surface area contributed by atoms with Gasteiger partial charge in [0.05, 0.1) is 30.8 Å². The van der Waals surface area contributed by atoms with Crippen molar-refractivity contribution in [2.24, 2.45) is 0 Å². The second kappa shape index (κ2) is 9.64. The van der Waals surface area contributed by atoms with Crippen LogP contribution in [0.5, 0.6) is 11.5 Å². The van der Waals surface area contributed by atoms with Gasteiger partial charge in [-0.15, -0.1) is 0 Å². The smallest absolute Gasteiger partial charge is 0.295 e. The fourth-order valence-electron chi connectivity index (χ4n) is 4.00. The molecule has 1 aliphatic heterocycles. The molecule has 10 heteroatoms. The number of carbonyl (C=O) groups excluding carboxylic acids is 2. The monoisotopic (exact) mass is 475 g/mol. The van der Waals surface area contributed by atoms with Gasteiger partial charge in [-0.3, -0.25) is 24.7 Å². The van der Waals surface area contributed by atoms with Crippen LogP contribution in [0.4, 0.5) is 5.69 Å². The zero-order chi connectivity index (χ0) is 25.1. The van der Waals surface area contributed by atoms with Crippen LogP contribution >= 0.6 is 0 Å². The van der Waals surface area contributed by atoms with E-state index in [4.69, 9.17) is 9.47 Å². The summed E-state index contributed by atoms with van der Waals surface area (Å²) in [6, 6.07) is 12.6. The average molecular weight is 475 g/mol. The summed E-state index contributed by atoms with van der Waals surface area (Å²) in [6.45, 7) is 0.0444. The quantitative estimate of drug-likeness (QED) is 0.180. The first kappa shape index (κ1) is 23.4. The highest BCUT2D eigenvalue weighted by molar-refractivity contribution is 6.46. The van der Waals surface area contributed by atoms with E-state index in [0.29, 0.717) is 22.6 Å². The van der Waals surface area contributed by atoms with Crippen LogP contribution in [0.2, 0.25) is 0 Å². The number of nitro benzene ring substituents is 1. The van der Waals surface area contributed by atoms with E-state index in [2.05, 4.69) is 4.98 Å². The maximum atomic E-state index is 13.2. The number of amides is 1. The predicted molar refractivity (Wildman–Crippen MR) is 125 cm³/mol. The molecule has 1 aromatic heterocycles. The van der Waals surface area contributed by atoms with Gasteiger partial charge in [0, 0.05) is 36.6 Å². The fourth-order valence-corrected chi connectivity index (χ4v) is 4.00. The van der Waals surface area contributed by atoms with Crippen molar-refractivity contribution in [2.75, 3.05) is 14.2 Å². The average Bonchev–Trinajstić information content (AvgIpc) is 3.13. The van der Waals surface area contributed by atoms with Gasteiger partial charge < -0.3 is 19.5 Å². The van der Waals surface area contributed by atoms with Gasteiger partial charge >= 0.3 is 0 Å². The summed E-state index contributed by atoms with van der Waals surface area (Å²) in [5, 5.41) is 22.3. The molecule has 0 aliphatic carbocycles. The third kappa shape index (κ3) is 4.41. The highest BCUT2D eigenvalue weighted by Crippen LogP contribution is 2.41. The number of hydrogen-bond acceptors (Lipinski definition) is 8. The molecule has 1 amide bonds. The second-order valence-corrected chi connectivity index (χ2v) is 7.71. The Morgan fingerprint density at radius 3 is 2.40 bits per heavy atom. The lowest BCUT2D eigenvalue weighted by Crippen LogP contribution is -2.29. The summed E-state index contributed by atoms with van der Waals surface area (Å²) in [5.41, 5.74) is 1.07. The van der Waals surface area contributed by atoms with Gasteiger partial charge in [0.25, 0.3) is 17.4 Å². The van der Waals surface area contributed by atoms with Crippen LogP contribution < -0.4 is 9.47 Å². The minimum atomic E-state index is -0.982. The number of aliphatic hydroxyl groups excluding tert-OH is 1. The Morgan fingerprint density at radius 2 is 1.80 bits per heavy atom. The number of pyridine rings is 1. The van der Waals surface area contributed by atoms with Gasteiger partial charge in [0.2, 0.25) is 0 Å². The first-order valence-corrected chi connectivity index (χ1v) is 10.5. The van der Waals surface area contributed by atoms with Crippen molar-refractivity contribution in [3.05, 3.63) is 99.4 Å². The van der Waals surface area contributed by atoms with Gasteiger partial charge in [0.1, 0.15) is 5.76 Å². The highest BCUT2D eigenvalue weighted by Gasteiger charge is 2.46. The standard InChI is InChI=1S/C25H21N3O7/c1-34-19-10-7-17(12-20(19)35-2)23(29)21-22(16-5-8-18(9-6-16)28(32)33)27(25(31)24(21)30)14-15-4-3-11-26-13-15/h3-13,22,29H,14H2,1-2H3/t22-/m1/s1. The SMILES string of the molecule is COc1ccc(C(O)=C2C(=O)C(=O)N(Cc3cccnc3)[C@@H]2c2ccc([N+](=O)[O-])cc2)cc1OC. The molecule has 178 valence electrons. The fraction of sp³-hybridized carbons (Fsp3) is 0.160. The molecule has 0 saturated carbocycles. The van der Waals surface area contributed by atoms with Crippen LogP contribution in [-0.2, 0) is 16.1 Å². The molecule has 2 aromatic carbocycles. The molecule has 1 N–H and O–H groups in total. The molecule has 1 fully saturated rings. The third-order valence-electron chi connectivity index (χ3n) is 5.69. The van der Waals surface area contributed by atoms with E-state index in [0.717, 1.165) is 0 Å². The first-order chi connectivity index (χ1) is 16.8. The van der Waals surface area contributed by atoms with Crippen molar-refractivity contribution in [1.82, 2.24) is 9.88 Å². The Balaban J connectivity index is 1.87. The van der Waals surface area contributed by atoms with E-state index in [1.54, 1.807) is 30.6 Å². The Hall–Kier alpha value is -4.73. The number of carbonyl (C=O) groups is 2. The summed E-state index contributed by atoms with van der Waals surface area (Å²) >= 11 is 0. The molecule has 4 rings (SSSR count). The summed E-state index contributed by atoms with van der Waals surface area (Å²) in [5.74, 6) is -1.33. The molecule has 0 radical (unpaired) electrons. The van der Waals surface area contributed by atoms with Gasteiger partial charge in [-0.05, 0) is 47.5 Å².